The van der Waals surface area contributed by atoms with Crippen LogP contribution in [0.25, 0.3) is 10.9 Å². The number of morpholine rings is 1. The fraction of sp³-hybridized carbons (Fsp3) is 0.364. The molecule has 156 valence electrons. The fourth-order valence-corrected chi connectivity index (χ4v) is 5.07. The predicted molar refractivity (Wildman–Crippen MR) is 117 cm³/mol. The van der Waals surface area contributed by atoms with E-state index in [2.05, 4.69) is 20.4 Å². The molecule has 0 aliphatic carbocycles. The van der Waals surface area contributed by atoms with Crippen LogP contribution in [-0.2, 0) is 11.3 Å². The van der Waals surface area contributed by atoms with Gasteiger partial charge in [0.05, 0.1) is 18.7 Å². The van der Waals surface area contributed by atoms with Crippen molar-refractivity contribution in [3.8, 4) is 0 Å². The number of carbonyl (C=O) groups is 1. The van der Waals surface area contributed by atoms with Gasteiger partial charge < -0.3 is 10.1 Å². The van der Waals surface area contributed by atoms with Gasteiger partial charge in [0.1, 0.15) is 0 Å². The predicted octanol–water partition coefficient (Wildman–Crippen LogP) is 4.03. The van der Waals surface area contributed by atoms with Crippen LogP contribution in [0.15, 0.2) is 42.5 Å². The Labute approximate surface area is 184 Å². The Balaban J connectivity index is 1.29. The molecule has 6 nitrogen and oxygen atoms in total. The Bertz CT molecular complexity index is 1070. The maximum atomic E-state index is 12.9. The van der Waals surface area contributed by atoms with Crippen LogP contribution < -0.4 is 5.32 Å². The minimum atomic E-state index is -0.134. The lowest BCUT2D eigenvalue weighted by atomic mass is 9.89. The van der Waals surface area contributed by atoms with Gasteiger partial charge >= 0.3 is 0 Å². The zero-order valence-corrected chi connectivity index (χ0v) is 17.8. The molecular weight excluding hydrogens is 423 g/mol. The van der Waals surface area contributed by atoms with Gasteiger partial charge in [0.15, 0.2) is 5.69 Å². The van der Waals surface area contributed by atoms with Crippen LogP contribution in [0.4, 0.5) is 0 Å². The van der Waals surface area contributed by atoms with Crippen molar-refractivity contribution in [2.24, 2.45) is 0 Å². The number of ether oxygens (including phenoxy) is 1. The summed E-state index contributed by atoms with van der Waals surface area (Å²) >= 11 is 12.4. The van der Waals surface area contributed by atoms with Gasteiger partial charge in [0, 0.05) is 40.1 Å². The number of nitrogens with zero attached hydrogens (tertiary/aromatic N) is 2. The smallest absolute Gasteiger partial charge is 0.272 e. The standard InChI is InChI=1S/C22H22Cl2N4O2/c23-14-6-5-13(19(24)7-14)10-28-16-8-15(9-17(28)12-30-11-16)25-22(29)21-18-3-1-2-4-20(18)26-27-21/h1-7,15-17H,8-12H2,(H,25,29)(H,26,27)/t15?,16-,17+. The molecule has 0 radical (unpaired) electrons. The van der Waals surface area contributed by atoms with Crippen molar-refractivity contribution in [1.29, 1.82) is 0 Å². The van der Waals surface area contributed by atoms with Gasteiger partial charge in [-0.2, -0.15) is 5.10 Å². The molecule has 2 saturated heterocycles. The van der Waals surface area contributed by atoms with Crippen LogP contribution in [0.2, 0.25) is 10.0 Å². The molecule has 3 aromatic rings. The molecule has 2 bridgehead atoms. The number of benzene rings is 2. The van der Waals surface area contributed by atoms with Gasteiger partial charge in [-0.1, -0.05) is 47.5 Å². The number of nitrogens with one attached hydrogen (secondary N) is 2. The Kier molecular flexibility index (Phi) is 5.41. The molecule has 1 aromatic heterocycles. The topological polar surface area (TPSA) is 70.2 Å². The number of fused-ring (bicyclic) bond motifs is 3. The molecule has 1 unspecified atom stereocenters. The second kappa shape index (κ2) is 8.19. The zero-order chi connectivity index (χ0) is 20.7. The van der Waals surface area contributed by atoms with Crippen molar-refractivity contribution in [3.05, 3.63) is 63.8 Å². The lowest BCUT2D eigenvalue weighted by Gasteiger charge is -2.48. The molecule has 2 N–H and O–H groups in total. The first-order valence-corrected chi connectivity index (χ1v) is 10.9. The highest BCUT2D eigenvalue weighted by molar-refractivity contribution is 6.35. The second-order valence-electron chi connectivity index (χ2n) is 8.01. The molecule has 2 aliphatic rings. The number of aromatic nitrogens is 2. The van der Waals surface area contributed by atoms with Crippen LogP contribution in [0, 0.1) is 0 Å². The van der Waals surface area contributed by atoms with E-state index >= 15 is 0 Å². The Morgan fingerprint density at radius 2 is 1.93 bits per heavy atom. The normalized spacial score (nSPS) is 24.1. The van der Waals surface area contributed by atoms with Crippen LogP contribution in [0.3, 0.4) is 0 Å². The van der Waals surface area contributed by atoms with Crippen LogP contribution in [-0.4, -0.2) is 52.3 Å². The van der Waals surface area contributed by atoms with Gasteiger partial charge in [0.2, 0.25) is 0 Å². The molecule has 3 heterocycles. The maximum Gasteiger partial charge on any atom is 0.272 e. The fourth-order valence-electron chi connectivity index (χ4n) is 4.60. The Morgan fingerprint density at radius 3 is 2.70 bits per heavy atom. The van der Waals surface area contributed by atoms with Gasteiger partial charge in [0.25, 0.3) is 5.91 Å². The molecule has 8 heteroatoms. The van der Waals surface area contributed by atoms with Crippen molar-refractivity contribution in [3.63, 3.8) is 0 Å². The summed E-state index contributed by atoms with van der Waals surface area (Å²) < 4.78 is 5.81. The first-order valence-electron chi connectivity index (χ1n) is 10.1. The van der Waals surface area contributed by atoms with E-state index in [0.29, 0.717) is 29.0 Å². The third-order valence-corrected chi connectivity index (χ3v) is 6.65. The van der Waals surface area contributed by atoms with E-state index in [1.807, 2.05) is 36.4 Å². The van der Waals surface area contributed by atoms with E-state index in [1.165, 1.54) is 0 Å². The molecule has 3 atom stereocenters. The number of carbonyl (C=O) groups excluding carboxylic acids is 1. The van der Waals surface area contributed by atoms with Crippen molar-refractivity contribution < 1.29 is 9.53 Å². The number of aromatic amines is 1. The molecule has 30 heavy (non-hydrogen) atoms. The number of para-hydroxylation sites is 1. The van der Waals surface area contributed by atoms with Gasteiger partial charge in [-0.25, -0.2) is 0 Å². The first-order chi connectivity index (χ1) is 14.6. The van der Waals surface area contributed by atoms with E-state index in [4.69, 9.17) is 27.9 Å². The quantitative estimate of drug-likeness (QED) is 0.636. The summed E-state index contributed by atoms with van der Waals surface area (Å²) in [6.45, 7) is 2.05. The number of H-pyrrole nitrogens is 1. The number of hydrogen-bond acceptors (Lipinski definition) is 4. The van der Waals surface area contributed by atoms with Crippen LogP contribution in [0.5, 0.6) is 0 Å². The van der Waals surface area contributed by atoms with Crippen molar-refractivity contribution in [2.75, 3.05) is 13.2 Å². The highest BCUT2D eigenvalue weighted by Gasteiger charge is 2.39. The summed E-state index contributed by atoms with van der Waals surface area (Å²) in [6, 6.07) is 13.8. The Morgan fingerprint density at radius 1 is 1.17 bits per heavy atom. The summed E-state index contributed by atoms with van der Waals surface area (Å²) in [5, 5.41) is 12.5. The summed E-state index contributed by atoms with van der Waals surface area (Å²) in [7, 11) is 0. The third-order valence-electron chi connectivity index (χ3n) is 6.06. The summed E-state index contributed by atoms with van der Waals surface area (Å²) in [4.78, 5) is 15.3. The van der Waals surface area contributed by atoms with Gasteiger partial charge in [-0.3, -0.25) is 14.8 Å². The number of hydrogen-bond donors (Lipinski definition) is 2. The zero-order valence-electron chi connectivity index (χ0n) is 16.3. The molecule has 0 spiro atoms. The average Bonchev–Trinajstić information content (AvgIpc) is 3.15. The number of rotatable bonds is 4. The first kappa shape index (κ1) is 19.8. The summed E-state index contributed by atoms with van der Waals surface area (Å²) in [5.74, 6) is -0.134. The lowest BCUT2D eigenvalue weighted by molar-refractivity contribution is -0.0843. The van der Waals surface area contributed by atoms with Crippen molar-refractivity contribution in [2.45, 2.75) is 37.5 Å². The Hall–Kier alpha value is -2.12. The van der Waals surface area contributed by atoms with E-state index < -0.39 is 0 Å². The number of halogens is 2. The molecule has 5 rings (SSSR count). The van der Waals surface area contributed by atoms with Gasteiger partial charge in [-0.05, 0) is 36.6 Å². The second-order valence-corrected chi connectivity index (χ2v) is 8.86. The minimum Gasteiger partial charge on any atom is -0.378 e. The minimum absolute atomic E-state index is 0.0869. The van der Waals surface area contributed by atoms with E-state index in [9.17, 15) is 4.79 Å². The third kappa shape index (κ3) is 3.81. The van der Waals surface area contributed by atoms with E-state index in [0.717, 1.165) is 35.9 Å². The molecule has 2 fully saturated rings. The largest absolute Gasteiger partial charge is 0.378 e. The van der Waals surface area contributed by atoms with E-state index in [1.54, 1.807) is 6.07 Å². The molecule has 0 saturated carbocycles. The summed E-state index contributed by atoms with van der Waals surface area (Å²) in [5.41, 5.74) is 2.37. The van der Waals surface area contributed by atoms with E-state index in [-0.39, 0.29) is 24.0 Å². The lowest BCUT2D eigenvalue weighted by Crippen LogP contribution is -2.60. The highest BCUT2D eigenvalue weighted by atomic mass is 35.5. The van der Waals surface area contributed by atoms with Crippen LogP contribution in [0.1, 0.15) is 28.9 Å². The van der Waals surface area contributed by atoms with Crippen molar-refractivity contribution in [1.82, 2.24) is 20.4 Å². The maximum absolute atomic E-state index is 12.9. The SMILES string of the molecule is O=C(NC1C[C@H]2COC[C@@H](C1)N2Cc1ccc(Cl)cc1Cl)c1n[nH]c2ccccc12. The number of amides is 1. The molecule has 2 aromatic carbocycles. The summed E-state index contributed by atoms with van der Waals surface area (Å²) in [6.07, 6.45) is 1.66. The van der Waals surface area contributed by atoms with Crippen molar-refractivity contribution >= 4 is 40.0 Å². The molecule has 1 amide bonds. The van der Waals surface area contributed by atoms with Gasteiger partial charge in [-0.15, -0.1) is 0 Å². The van der Waals surface area contributed by atoms with Crippen LogP contribution >= 0.6 is 23.2 Å². The monoisotopic (exact) mass is 444 g/mol. The number of piperidine rings is 1. The molecule has 2 aliphatic heterocycles. The highest BCUT2D eigenvalue weighted by Crippen LogP contribution is 2.32. The average molecular weight is 445 g/mol. The molecular formula is C22H22Cl2N4O2.